The quantitative estimate of drug-likeness (QED) is 0.711. The Balaban J connectivity index is 1.79. The lowest BCUT2D eigenvalue weighted by molar-refractivity contribution is 0.834. The second-order valence-corrected chi connectivity index (χ2v) is 6.35. The van der Waals surface area contributed by atoms with Crippen molar-refractivity contribution in [3.63, 3.8) is 0 Å². The predicted octanol–water partition coefficient (Wildman–Crippen LogP) is 4.68. The highest BCUT2D eigenvalue weighted by molar-refractivity contribution is 7.99. The summed E-state index contributed by atoms with van der Waals surface area (Å²) in [5.74, 6) is 0.788. The van der Waals surface area contributed by atoms with Crippen LogP contribution in [0.25, 0.3) is 10.8 Å². The number of fused-ring (bicyclic) bond motifs is 1. The zero-order valence-corrected chi connectivity index (χ0v) is 12.9. The van der Waals surface area contributed by atoms with Gasteiger partial charge in [0.25, 0.3) is 0 Å². The summed E-state index contributed by atoms with van der Waals surface area (Å²) in [6.07, 6.45) is 3.74. The van der Waals surface area contributed by atoms with Crippen molar-refractivity contribution >= 4 is 34.1 Å². The van der Waals surface area contributed by atoms with Crippen molar-refractivity contribution in [2.24, 2.45) is 5.73 Å². The van der Waals surface area contributed by atoms with Crippen LogP contribution < -0.4 is 5.73 Å². The number of nitrogens with two attached hydrogens (primary N) is 1. The molecule has 106 valence electrons. The van der Waals surface area contributed by atoms with Gasteiger partial charge in [0.1, 0.15) is 0 Å². The van der Waals surface area contributed by atoms with Crippen molar-refractivity contribution in [2.45, 2.75) is 10.9 Å². The second-order valence-electron chi connectivity index (χ2n) is 4.82. The fraction of sp³-hybridized carbons (Fsp3) is 0.118. The Kier molecular flexibility index (Phi) is 4.44. The van der Waals surface area contributed by atoms with Gasteiger partial charge in [-0.25, -0.2) is 0 Å². The molecule has 3 aromatic rings. The Bertz CT molecular complexity index is 755. The van der Waals surface area contributed by atoms with Crippen LogP contribution in [0.3, 0.4) is 0 Å². The van der Waals surface area contributed by atoms with E-state index in [2.05, 4.69) is 17.1 Å². The van der Waals surface area contributed by atoms with Gasteiger partial charge in [0.05, 0.1) is 0 Å². The lowest BCUT2D eigenvalue weighted by Crippen LogP contribution is -2.13. The summed E-state index contributed by atoms with van der Waals surface area (Å²) in [5, 5.41) is 3.05. The third kappa shape index (κ3) is 3.38. The lowest BCUT2D eigenvalue weighted by atomic mass is 10.0. The Labute approximate surface area is 133 Å². The fourth-order valence-corrected chi connectivity index (χ4v) is 3.46. The number of nitrogens with zero attached hydrogens (tertiary/aromatic N) is 1. The molecule has 1 unspecified atom stereocenters. The van der Waals surface area contributed by atoms with Crippen molar-refractivity contribution in [1.29, 1.82) is 0 Å². The molecular weight excluding hydrogens is 300 g/mol. The average molecular weight is 315 g/mol. The van der Waals surface area contributed by atoms with Crippen LogP contribution in [0.4, 0.5) is 0 Å². The van der Waals surface area contributed by atoms with Crippen molar-refractivity contribution < 1.29 is 0 Å². The van der Waals surface area contributed by atoms with Crippen molar-refractivity contribution in [3.05, 3.63) is 71.5 Å². The van der Waals surface area contributed by atoms with Gasteiger partial charge in [-0.2, -0.15) is 0 Å². The fourth-order valence-electron chi connectivity index (χ4n) is 2.27. The molecule has 0 fully saturated rings. The standard InChI is InChI=1S/C17H15ClN2S/c18-13-5-3-6-14(8-13)21-11-17(19)16-10-20-9-12-4-1-2-7-15(12)16/h1-10,17H,11,19H2. The van der Waals surface area contributed by atoms with E-state index in [0.29, 0.717) is 0 Å². The highest BCUT2D eigenvalue weighted by Crippen LogP contribution is 2.28. The molecule has 0 saturated carbocycles. The third-order valence-corrected chi connectivity index (χ3v) is 4.67. The Morgan fingerprint density at radius 3 is 2.81 bits per heavy atom. The largest absolute Gasteiger partial charge is 0.323 e. The number of rotatable bonds is 4. The predicted molar refractivity (Wildman–Crippen MR) is 90.8 cm³/mol. The minimum atomic E-state index is -0.0624. The van der Waals surface area contributed by atoms with Crippen LogP contribution in [0, 0.1) is 0 Å². The average Bonchev–Trinajstić information content (AvgIpc) is 2.52. The number of hydrogen-bond acceptors (Lipinski definition) is 3. The van der Waals surface area contributed by atoms with Gasteiger partial charge in [-0.1, -0.05) is 41.9 Å². The smallest absolute Gasteiger partial charge is 0.0417 e. The summed E-state index contributed by atoms with van der Waals surface area (Å²) in [6, 6.07) is 16.0. The van der Waals surface area contributed by atoms with E-state index in [0.717, 1.165) is 26.6 Å². The lowest BCUT2D eigenvalue weighted by Gasteiger charge is -2.14. The van der Waals surface area contributed by atoms with Gasteiger partial charge in [0.2, 0.25) is 0 Å². The van der Waals surface area contributed by atoms with Crippen LogP contribution in [-0.4, -0.2) is 10.7 Å². The molecule has 0 aliphatic carbocycles. The van der Waals surface area contributed by atoms with E-state index in [1.807, 2.05) is 48.8 Å². The first kappa shape index (κ1) is 14.4. The van der Waals surface area contributed by atoms with Gasteiger partial charge in [-0.3, -0.25) is 4.98 Å². The Hall–Kier alpha value is -1.55. The zero-order chi connectivity index (χ0) is 14.7. The molecule has 1 aromatic heterocycles. The SMILES string of the molecule is NC(CSc1cccc(Cl)c1)c1cncc2ccccc12. The number of benzene rings is 2. The number of pyridine rings is 1. The summed E-state index contributed by atoms with van der Waals surface area (Å²) in [7, 11) is 0. The minimum absolute atomic E-state index is 0.0624. The first-order chi connectivity index (χ1) is 10.2. The van der Waals surface area contributed by atoms with Crippen LogP contribution in [-0.2, 0) is 0 Å². The molecule has 1 heterocycles. The zero-order valence-electron chi connectivity index (χ0n) is 11.4. The number of hydrogen-bond donors (Lipinski definition) is 1. The Morgan fingerprint density at radius 2 is 1.95 bits per heavy atom. The molecule has 0 aliphatic heterocycles. The maximum atomic E-state index is 6.35. The van der Waals surface area contributed by atoms with Crippen molar-refractivity contribution in [3.8, 4) is 0 Å². The summed E-state index contributed by atoms with van der Waals surface area (Å²) in [5.41, 5.74) is 7.44. The second kappa shape index (κ2) is 6.48. The molecule has 21 heavy (non-hydrogen) atoms. The molecule has 0 bridgehead atoms. The van der Waals surface area contributed by atoms with Gasteiger partial charge in [-0.05, 0) is 29.1 Å². The molecule has 0 spiro atoms. The summed E-state index contributed by atoms with van der Waals surface area (Å²) < 4.78 is 0. The summed E-state index contributed by atoms with van der Waals surface area (Å²) in [6.45, 7) is 0. The normalized spacial score (nSPS) is 12.5. The third-order valence-electron chi connectivity index (χ3n) is 3.32. The van der Waals surface area contributed by atoms with Crippen LogP contribution in [0.15, 0.2) is 65.8 Å². The van der Waals surface area contributed by atoms with Crippen LogP contribution in [0.5, 0.6) is 0 Å². The van der Waals surface area contributed by atoms with Gasteiger partial charge in [-0.15, -0.1) is 11.8 Å². The molecule has 0 saturated heterocycles. The maximum absolute atomic E-state index is 6.35. The molecule has 2 aromatic carbocycles. The Morgan fingerprint density at radius 1 is 1.10 bits per heavy atom. The molecule has 3 rings (SSSR count). The van der Waals surface area contributed by atoms with Gasteiger partial charge >= 0.3 is 0 Å². The molecule has 0 aliphatic rings. The van der Waals surface area contributed by atoms with Crippen molar-refractivity contribution in [1.82, 2.24) is 4.98 Å². The topological polar surface area (TPSA) is 38.9 Å². The molecule has 0 amide bonds. The number of aromatic nitrogens is 1. The molecule has 4 heteroatoms. The van der Waals surface area contributed by atoms with E-state index < -0.39 is 0 Å². The van der Waals surface area contributed by atoms with E-state index in [1.165, 1.54) is 5.39 Å². The van der Waals surface area contributed by atoms with E-state index in [9.17, 15) is 0 Å². The maximum Gasteiger partial charge on any atom is 0.0417 e. The number of halogens is 1. The molecule has 2 nitrogen and oxygen atoms in total. The molecular formula is C17H15ClN2S. The molecule has 2 N–H and O–H groups in total. The van der Waals surface area contributed by atoms with Crippen molar-refractivity contribution in [2.75, 3.05) is 5.75 Å². The van der Waals surface area contributed by atoms with E-state index >= 15 is 0 Å². The van der Waals surface area contributed by atoms with Gasteiger partial charge in [0, 0.05) is 39.5 Å². The first-order valence-corrected chi connectivity index (χ1v) is 8.07. The van der Waals surface area contributed by atoms with E-state index in [-0.39, 0.29) is 6.04 Å². The first-order valence-electron chi connectivity index (χ1n) is 6.70. The van der Waals surface area contributed by atoms with E-state index in [4.69, 9.17) is 17.3 Å². The number of thioether (sulfide) groups is 1. The van der Waals surface area contributed by atoms with Gasteiger partial charge in [0.15, 0.2) is 0 Å². The van der Waals surface area contributed by atoms with Crippen LogP contribution in [0.2, 0.25) is 5.02 Å². The van der Waals surface area contributed by atoms with Crippen LogP contribution >= 0.6 is 23.4 Å². The summed E-state index contributed by atoms with van der Waals surface area (Å²) in [4.78, 5) is 5.42. The van der Waals surface area contributed by atoms with Crippen LogP contribution in [0.1, 0.15) is 11.6 Å². The summed E-state index contributed by atoms with van der Waals surface area (Å²) >= 11 is 7.71. The molecule has 1 atom stereocenters. The highest BCUT2D eigenvalue weighted by Gasteiger charge is 2.11. The van der Waals surface area contributed by atoms with E-state index in [1.54, 1.807) is 11.8 Å². The van der Waals surface area contributed by atoms with Gasteiger partial charge < -0.3 is 5.73 Å². The monoisotopic (exact) mass is 314 g/mol. The minimum Gasteiger partial charge on any atom is -0.323 e. The molecule has 0 radical (unpaired) electrons. The highest BCUT2D eigenvalue weighted by atomic mass is 35.5.